The molecule has 0 amide bonds. The van der Waals surface area contributed by atoms with Crippen molar-refractivity contribution in [2.75, 3.05) is 0 Å². The Morgan fingerprint density at radius 2 is 2.00 bits per heavy atom. The van der Waals surface area contributed by atoms with Gasteiger partial charge in [0.25, 0.3) is 0 Å². The minimum Gasteiger partial charge on any atom is -0.508 e. The highest BCUT2D eigenvalue weighted by Crippen LogP contribution is 2.32. The number of phenols is 2. The van der Waals surface area contributed by atoms with Crippen LogP contribution in [-0.2, 0) is 0 Å². The number of aromatic nitrogens is 2. The number of benzene rings is 1. The predicted octanol–water partition coefficient (Wildman–Crippen LogP) is 1.66. The summed E-state index contributed by atoms with van der Waals surface area (Å²) in [4.78, 5) is 19.5. The molecule has 1 aromatic carbocycles. The van der Waals surface area contributed by atoms with Crippen LogP contribution in [0.15, 0.2) is 46.0 Å². The van der Waals surface area contributed by atoms with Gasteiger partial charge >= 0.3 is 0 Å². The van der Waals surface area contributed by atoms with E-state index in [2.05, 4.69) is 9.97 Å². The fourth-order valence-electron chi connectivity index (χ4n) is 1.77. The fraction of sp³-hybridized carbons (Fsp3) is 0. The van der Waals surface area contributed by atoms with E-state index in [0.717, 1.165) is 0 Å². The highest BCUT2D eigenvalue weighted by Gasteiger charge is 2.11. The normalized spacial score (nSPS) is 10.7. The molecule has 0 aliphatic carbocycles. The molecule has 0 bridgehead atoms. The molecule has 19 heavy (non-hydrogen) atoms. The summed E-state index contributed by atoms with van der Waals surface area (Å²) in [5.74, 6) is -0.0723. The molecule has 0 fully saturated rings. The maximum absolute atomic E-state index is 11.9. The van der Waals surface area contributed by atoms with Crippen LogP contribution in [0.4, 0.5) is 0 Å². The Morgan fingerprint density at radius 3 is 2.79 bits per heavy atom. The largest absolute Gasteiger partial charge is 0.508 e. The number of phenolic OH excluding ortho intramolecular Hbond substituents is 2. The van der Waals surface area contributed by atoms with Crippen molar-refractivity contribution in [3.05, 3.63) is 47.0 Å². The van der Waals surface area contributed by atoms with Crippen molar-refractivity contribution in [1.29, 1.82) is 0 Å². The van der Waals surface area contributed by atoms with Crippen LogP contribution in [0.25, 0.3) is 22.4 Å². The molecule has 0 saturated carbocycles. The summed E-state index contributed by atoms with van der Waals surface area (Å²) in [5.41, 5.74) is 0.390. The van der Waals surface area contributed by atoms with Crippen LogP contribution in [0.2, 0.25) is 0 Å². The fourth-order valence-corrected chi connectivity index (χ4v) is 1.77. The molecular formula is C13H8N2O4. The van der Waals surface area contributed by atoms with Crippen LogP contribution < -0.4 is 5.43 Å². The standard InChI is InChI=1S/C13H8N2O4/c16-7-1-2-8(9(17)3-7)11-4-10(18)13-12(19-11)5-14-6-15-13/h1-6,16-17H. The molecule has 3 rings (SSSR count). The van der Waals surface area contributed by atoms with Crippen molar-refractivity contribution in [3.8, 4) is 22.8 Å². The van der Waals surface area contributed by atoms with Gasteiger partial charge in [0.2, 0.25) is 5.43 Å². The van der Waals surface area contributed by atoms with Gasteiger partial charge in [-0.15, -0.1) is 0 Å². The first-order valence-electron chi connectivity index (χ1n) is 5.41. The first-order chi connectivity index (χ1) is 9.15. The van der Waals surface area contributed by atoms with E-state index in [1.54, 1.807) is 0 Å². The van der Waals surface area contributed by atoms with Crippen LogP contribution in [0.3, 0.4) is 0 Å². The second kappa shape index (κ2) is 4.09. The van der Waals surface area contributed by atoms with E-state index >= 15 is 0 Å². The molecule has 6 heteroatoms. The number of hydrogen-bond donors (Lipinski definition) is 2. The third-order valence-electron chi connectivity index (χ3n) is 2.64. The van der Waals surface area contributed by atoms with E-state index in [9.17, 15) is 15.0 Å². The predicted molar refractivity (Wildman–Crippen MR) is 66.8 cm³/mol. The zero-order valence-corrected chi connectivity index (χ0v) is 9.57. The Labute approximate surface area is 106 Å². The third-order valence-corrected chi connectivity index (χ3v) is 2.64. The quantitative estimate of drug-likeness (QED) is 0.687. The maximum atomic E-state index is 11.9. The van der Waals surface area contributed by atoms with Crippen LogP contribution in [0.1, 0.15) is 0 Å². The molecule has 3 aromatic rings. The first kappa shape index (κ1) is 11.2. The van der Waals surface area contributed by atoms with Crippen molar-refractivity contribution in [2.45, 2.75) is 0 Å². The van der Waals surface area contributed by atoms with Crippen molar-refractivity contribution in [2.24, 2.45) is 0 Å². The monoisotopic (exact) mass is 256 g/mol. The van der Waals surface area contributed by atoms with E-state index in [1.807, 2.05) is 0 Å². The number of hydrogen-bond acceptors (Lipinski definition) is 6. The van der Waals surface area contributed by atoms with Gasteiger partial charge in [-0.05, 0) is 12.1 Å². The zero-order valence-electron chi connectivity index (χ0n) is 9.57. The summed E-state index contributed by atoms with van der Waals surface area (Å²) in [6, 6.07) is 5.25. The summed E-state index contributed by atoms with van der Waals surface area (Å²) in [7, 11) is 0. The minimum absolute atomic E-state index is 0.0762. The van der Waals surface area contributed by atoms with Crippen molar-refractivity contribution in [3.63, 3.8) is 0 Å². The van der Waals surface area contributed by atoms with Gasteiger partial charge in [0.15, 0.2) is 11.1 Å². The molecule has 94 valence electrons. The van der Waals surface area contributed by atoms with Gasteiger partial charge in [-0.3, -0.25) is 4.79 Å². The second-order valence-corrected chi connectivity index (χ2v) is 3.91. The number of rotatable bonds is 1. The van der Waals surface area contributed by atoms with Crippen LogP contribution >= 0.6 is 0 Å². The van der Waals surface area contributed by atoms with Gasteiger partial charge in [-0.2, -0.15) is 0 Å². The highest BCUT2D eigenvalue weighted by atomic mass is 16.3. The topological polar surface area (TPSA) is 96.5 Å². The molecule has 0 aliphatic rings. The molecule has 0 radical (unpaired) electrons. The molecular weight excluding hydrogens is 248 g/mol. The highest BCUT2D eigenvalue weighted by molar-refractivity contribution is 5.75. The summed E-state index contributed by atoms with van der Waals surface area (Å²) in [6.45, 7) is 0. The van der Waals surface area contributed by atoms with Crippen molar-refractivity contribution < 1.29 is 14.6 Å². The Morgan fingerprint density at radius 1 is 1.16 bits per heavy atom. The van der Waals surface area contributed by atoms with Crippen molar-refractivity contribution >= 4 is 11.1 Å². The molecule has 0 spiro atoms. The Hall–Kier alpha value is -2.89. The molecule has 0 unspecified atom stereocenters. The van der Waals surface area contributed by atoms with E-state index < -0.39 is 0 Å². The lowest BCUT2D eigenvalue weighted by Gasteiger charge is -2.05. The van der Waals surface area contributed by atoms with E-state index in [-0.39, 0.29) is 33.8 Å². The second-order valence-electron chi connectivity index (χ2n) is 3.91. The van der Waals surface area contributed by atoms with Gasteiger partial charge in [-0.1, -0.05) is 0 Å². The molecule has 2 heterocycles. The lowest BCUT2D eigenvalue weighted by Crippen LogP contribution is -2.02. The average molecular weight is 256 g/mol. The molecule has 0 aliphatic heterocycles. The van der Waals surface area contributed by atoms with Crippen LogP contribution in [0.5, 0.6) is 11.5 Å². The van der Waals surface area contributed by atoms with Gasteiger partial charge < -0.3 is 14.6 Å². The lowest BCUT2D eigenvalue weighted by atomic mass is 10.1. The zero-order chi connectivity index (χ0) is 13.4. The SMILES string of the molecule is O=c1cc(-c2ccc(O)cc2O)oc2cncnc12. The minimum atomic E-state index is -0.328. The van der Waals surface area contributed by atoms with Crippen molar-refractivity contribution in [1.82, 2.24) is 9.97 Å². The number of aromatic hydroxyl groups is 2. The van der Waals surface area contributed by atoms with Crippen LogP contribution in [-0.4, -0.2) is 20.2 Å². The van der Waals surface area contributed by atoms with Gasteiger partial charge in [0.1, 0.15) is 23.6 Å². The Kier molecular flexibility index (Phi) is 2.42. The van der Waals surface area contributed by atoms with Crippen LogP contribution in [0, 0.1) is 0 Å². The average Bonchev–Trinajstić information content (AvgIpc) is 2.38. The Bertz CT molecular complexity index is 826. The summed E-state index contributed by atoms with van der Waals surface area (Å²) >= 11 is 0. The van der Waals surface area contributed by atoms with E-state index in [4.69, 9.17) is 4.42 Å². The van der Waals surface area contributed by atoms with Gasteiger partial charge in [0.05, 0.1) is 11.8 Å². The summed E-state index contributed by atoms with van der Waals surface area (Å²) in [5, 5.41) is 19.0. The number of fused-ring (bicyclic) bond motifs is 1. The Balaban J connectivity index is 2.28. The molecule has 0 saturated heterocycles. The molecule has 0 atom stereocenters. The third kappa shape index (κ3) is 1.89. The first-order valence-corrected chi connectivity index (χ1v) is 5.41. The van der Waals surface area contributed by atoms with E-state index in [1.165, 1.54) is 36.8 Å². The van der Waals surface area contributed by atoms with Gasteiger partial charge in [-0.25, -0.2) is 9.97 Å². The number of nitrogens with zero attached hydrogens (tertiary/aromatic N) is 2. The molecule has 6 nitrogen and oxygen atoms in total. The van der Waals surface area contributed by atoms with E-state index in [0.29, 0.717) is 5.56 Å². The molecule has 2 aromatic heterocycles. The van der Waals surface area contributed by atoms with Gasteiger partial charge in [0, 0.05) is 12.1 Å². The summed E-state index contributed by atoms with van der Waals surface area (Å²) in [6.07, 6.45) is 2.64. The summed E-state index contributed by atoms with van der Waals surface area (Å²) < 4.78 is 5.48. The lowest BCUT2D eigenvalue weighted by molar-refractivity contribution is 0.450. The smallest absolute Gasteiger partial charge is 0.211 e. The molecule has 2 N–H and O–H groups in total. The maximum Gasteiger partial charge on any atom is 0.211 e.